The molecule has 2 bridgehead atoms. The third-order valence-corrected chi connectivity index (χ3v) is 8.85. The molecule has 2 aliphatic heterocycles. The average Bonchev–Trinajstić information content (AvgIpc) is 3.47. The standard InChI is InChI=1S/C39H41ClO8/c1-27(41)44-25-29-13-12-20-33(40)21-22-34-23-36(48-38(43)24-35(29)46-28(2)42)37(47-34)26-45-39(30-14-6-3-7-15-30,31-16-8-4-9-17-31)32-18-10-5-11-19-32/h3-11,13-20,34-37H,12,21-26H2,1-2H3/b29-13-,33-20-/t34-,35-,36-,37-/m1/s1. The zero-order valence-electron chi connectivity index (χ0n) is 27.2. The SMILES string of the molecule is CC(=O)OC/C1=C/C/C=C(\Cl)CC[C@@H]2C[C@@H](OC(=O)C[C@H]1OC(C)=O)[C@@H](COC(c1ccccc1)(c1ccccc1)c1ccccc1)O2. The number of fused-ring (bicyclic) bond motifs is 2. The number of benzene rings is 3. The van der Waals surface area contributed by atoms with E-state index in [0.717, 1.165) is 16.7 Å². The molecule has 0 amide bonds. The molecule has 9 heteroatoms. The molecule has 0 N–H and O–H groups in total. The number of carbonyl (C=O) groups excluding carboxylic acids is 3. The molecule has 252 valence electrons. The van der Waals surface area contributed by atoms with Crippen LogP contribution in [-0.4, -0.2) is 55.5 Å². The fourth-order valence-electron chi connectivity index (χ4n) is 6.26. The van der Waals surface area contributed by atoms with E-state index in [1.54, 1.807) is 6.08 Å². The van der Waals surface area contributed by atoms with E-state index in [4.69, 9.17) is 35.3 Å². The van der Waals surface area contributed by atoms with Gasteiger partial charge in [-0.05, 0) is 36.0 Å². The van der Waals surface area contributed by atoms with Crippen LogP contribution in [0, 0.1) is 0 Å². The second-order valence-corrected chi connectivity index (χ2v) is 12.4. The van der Waals surface area contributed by atoms with Crippen LogP contribution >= 0.6 is 11.6 Å². The lowest BCUT2D eigenvalue weighted by molar-refractivity contribution is -0.160. The molecule has 1 saturated heterocycles. The lowest BCUT2D eigenvalue weighted by Crippen LogP contribution is -2.39. The van der Waals surface area contributed by atoms with E-state index < -0.39 is 41.8 Å². The molecule has 0 aliphatic carbocycles. The molecule has 2 heterocycles. The Morgan fingerprint density at radius 3 is 1.98 bits per heavy atom. The van der Waals surface area contributed by atoms with E-state index in [-0.39, 0.29) is 25.7 Å². The summed E-state index contributed by atoms with van der Waals surface area (Å²) >= 11 is 6.60. The van der Waals surface area contributed by atoms with Gasteiger partial charge in [0.25, 0.3) is 0 Å². The Hall–Kier alpha value is -4.24. The first-order valence-electron chi connectivity index (χ1n) is 16.2. The highest BCUT2D eigenvalue weighted by Crippen LogP contribution is 2.41. The van der Waals surface area contributed by atoms with Crippen LogP contribution in [0.5, 0.6) is 0 Å². The molecule has 0 spiro atoms. The second-order valence-electron chi connectivity index (χ2n) is 11.9. The van der Waals surface area contributed by atoms with Crippen molar-refractivity contribution in [2.24, 2.45) is 0 Å². The Morgan fingerprint density at radius 1 is 0.854 bits per heavy atom. The van der Waals surface area contributed by atoms with Gasteiger partial charge in [-0.2, -0.15) is 0 Å². The molecule has 1 fully saturated rings. The van der Waals surface area contributed by atoms with E-state index in [1.807, 2.05) is 97.1 Å². The quantitative estimate of drug-likeness (QED) is 0.102. The third-order valence-electron chi connectivity index (χ3n) is 8.51. The highest BCUT2D eigenvalue weighted by atomic mass is 35.5. The number of allylic oxidation sites excluding steroid dienone is 3. The Kier molecular flexibility index (Phi) is 12.2. The summed E-state index contributed by atoms with van der Waals surface area (Å²) in [5, 5.41) is 0.646. The zero-order chi connectivity index (χ0) is 33.9. The Labute approximate surface area is 286 Å². The van der Waals surface area contributed by atoms with Crippen molar-refractivity contribution in [3.05, 3.63) is 130 Å². The summed E-state index contributed by atoms with van der Waals surface area (Å²) in [5.41, 5.74) is 2.31. The summed E-state index contributed by atoms with van der Waals surface area (Å²) in [4.78, 5) is 37.2. The minimum Gasteiger partial charge on any atom is -0.461 e. The molecule has 0 saturated carbocycles. The van der Waals surface area contributed by atoms with Gasteiger partial charge in [-0.15, -0.1) is 0 Å². The van der Waals surface area contributed by atoms with Gasteiger partial charge >= 0.3 is 17.9 Å². The van der Waals surface area contributed by atoms with Gasteiger partial charge < -0.3 is 23.7 Å². The fraction of sp³-hybridized carbons (Fsp3) is 0.359. The highest BCUT2D eigenvalue weighted by Gasteiger charge is 2.43. The molecule has 3 aromatic rings. The van der Waals surface area contributed by atoms with Gasteiger partial charge in [0.15, 0.2) is 0 Å². The van der Waals surface area contributed by atoms with Crippen LogP contribution in [0.25, 0.3) is 0 Å². The fourth-order valence-corrected chi connectivity index (χ4v) is 6.46. The largest absolute Gasteiger partial charge is 0.461 e. The van der Waals surface area contributed by atoms with Crippen LogP contribution in [-0.2, 0) is 43.7 Å². The molecule has 48 heavy (non-hydrogen) atoms. The molecule has 0 aromatic heterocycles. The van der Waals surface area contributed by atoms with E-state index in [0.29, 0.717) is 36.3 Å². The predicted octanol–water partition coefficient (Wildman–Crippen LogP) is 7.18. The third kappa shape index (κ3) is 9.01. The maximum atomic E-state index is 13.5. The Balaban J connectivity index is 1.46. The Bertz CT molecular complexity index is 1490. The van der Waals surface area contributed by atoms with Gasteiger partial charge in [0.05, 0.1) is 19.1 Å². The first-order valence-corrected chi connectivity index (χ1v) is 16.6. The normalized spacial score (nSPS) is 24.2. The number of rotatable bonds is 9. The first-order chi connectivity index (χ1) is 23.2. The van der Waals surface area contributed by atoms with Gasteiger partial charge in [0.1, 0.15) is 30.5 Å². The number of hydrogen-bond donors (Lipinski definition) is 0. The summed E-state index contributed by atoms with van der Waals surface area (Å²) in [6.45, 7) is 2.52. The zero-order valence-corrected chi connectivity index (χ0v) is 28.0. The monoisotopic (exact) mass is 672 g/mol. The van der Waals surface area contributed by atoms with Crippen molar-refractivity contribution in [1.82, 2.24) is 0 Å². The summed E-state index contributed by atoms with van der Waals surface area (Å²) < 4.78 is 30.4. The van der Waals surface area contributed by atoms with Crippen molar-refractivity contribution in [3.63, 3.8) is 0 Å². The van der Waals surface area contributed by atoms with Crippen molar-refractivity contribution >= 4 is 29.5 Å². The number of carbonyl (C=O) groups is 3. The van der Waals surface area contributed by atoms with Crippen LogP contribution < -0.4 is 0 Å². The molecular weight excluding hydrogens is 632 g/mol. The minimum atomic E-state index is -0.987. The molecule has 5 rings (SSSR count). The molecule has 0 unspecified atom stereocenters. The smallest absolute Gasteiger partial charge is 0.310 e. The van der Waals surface area contributed by atoms with E-state index in [9.17, 15) is 14.4 Å². The summed E-state index contributed by atoms with van der Waals surface area (Å²) in [6, 6.07) is 30.1. The number of hydrogen-bond acceptors (Lipinski definition) is 8. The van der Waals surface area contributed by atoms with Crippen LogP contribution in [0.3, 0.4) is 0 Å². The van der Waals surface area contributed by atoms with E-state index in [2.05, 4.69) is 0 Å². The molecule has 2 aliphatic rings. The topological polar surface area (TPSA) is 97.4 Å². The molecule has 8 nitrogen and oxygen atoms in total. The van der Waals surface area contributed by atoms with Crippen molar-refractivity contribution < 1.29 is 38.1 Å². The lowest BCUT2D eigenvalue weighted by atomic mass is 9.80. The Morgan fingerprint density at radius 2 is 1.44 bits per heavy atom. The van der Waals surface area contributed by atoms with Gasteiger partial charge in [0.2, 0.25) is 0 Å². The highest BCUT2D eigenvalue weighted by molar-refractivity contribution is 6.29. The van der Waals surface area contributed by atoms with Crippen LogP contribution in [0.1, 0.15) is 62.6 Å². The summed E-state index contributed by atoms with van der Waals surface area (Å²) in [7, 11) is 0. The van der Waals surface area contributed by atoms with E-state index >= 15 is 0 Å². The van der Waals surface area contributed by atoms with Crippen LogP contribution in [0.4, 0.5) is 0 Å². The predicted molar refractivity (Wildman–Crippen MR) is 181 cm³/mol. The van der Waals surface area contributed by atoms with Gasteiger partial charge in [-0.1, -0.05) is 115 Å². The van der Waals surface area contributed by atoms with Crippen molar-refractivity contribution in [2.75, 3.05) is 13.2 Å². The molecular formula is C39H41ClO8. The van der Waals surface area contributed by atoms with Gasteiger partial charge in [0, 0.05) is 30.9 Å². The maximum absolute atomic E-state index is 13.5. The summed E-state index contributed by atoms with van der Waals surface area (Å²) in [5.74, 6) is -1.64. The van der Waals surface area contributed by atoms with E-state index in [1.165, 1.54) is 13.8 Å². The van der Waals surface area contributed by atoms with Crippen LogP contribution in [0.2, 0.25) is 0 Å². The van der Waals surface area contributed by atoms with Crippen molar-refractivity contribution in [2.45, 2.75) is 76.0 Å². The average molecular weight is 673 g/mol. The number of ether oxygens (including phenoxy) is 5. The van der Waals surface area contributed by atoms with Crippen molar-refractivity contribution in [3.8, 4) is 0 Å². The minimum absolute atomic E-state index is 0.113. The second kappa shape index (κ2) is 16.7. The van der Waals surface area contributed by atoms with Crippen LogP contribution in [0.15, 0.2) is 114 Å². The maximum Gasteiger partial charge on any atom is 0.310 e. The summed E-state index contributed by atoms with van der Waals surface area (Å²) in [6.07, 6.45) is 2.95. The number of esters is 3. The van der Waals surface area contributed by atoms with Gasteiger partial charge in [-0.25, -0.2) is 0 Å². The molecule has 4 atom stereocenters. The molecule has 3 aromatic carbocycles. The lowest BCUT2D eigenvalue weighted by Gasteiger charge is -2.37. The first kappa shape index (κ1) is 35.1. The van der Waals surface area contributed by atoms with Gasteiger partial charge in [-0.3, -0.25) is 14.4 Å². The molecule has 0 radical (unpaired) electrons. The van der Waals surface area contributed by atoms with Crippen molar-refractivity contribution in [1.29, 1.82) is 0 Å². The number of halogens is 1.